The van der Waals surface area contributed by atoms with Crippen LogP contribution in [0, 0.1) is 0 Å². The maximum atomic E-state index is 13.5. The molecule has 2 heterocycles. The van der Waals surface area contributed by atoms with E-state index in [9.17, 15) is 15.0 Å². The molecule has 3 aromatic rings. The van der Waals surface area contributed by atoms with Crippen LogP contribution < -0.4 is 9.64 Å². The number of rotatable bonds is 7. The fourth-order valence-electron chi connectivity index (χ4n) is 3.61. The van der Waals surface area contributed by atoms with Gasteiger partial charge in [-0.3, -0.25) is 9.69 Å². The molecule has 8 heteroatoms. The van der Waals surface area contributed by atoms with Crippen molar-refractivity contribution in [3.8, 4) is 17.2 Å². The first-order chi connectivity index (χ1) is 16.5. The van der Waals surface area contributed by atoms with Crippen molar-refractivity contribution in [1.29, 1.82) is 0 Å². The molecule has 1 aromatic heterocycles. The number of phenols is 2. The number of thioether (sulfide) groups is 1. The molecule has 1 aliphatic heterocycles. The SMILES string of the molecule is CCCc1cc(O)cc(O)c1/C=C1\S/C(=N\c2ccccn2)N(c2ccc(OCC)cc2)C1=O. The molecule has 4 rings (SSSR count). The number of anilines is 1. The second-order valence-electron chi connectivity index (χ2n) is 7.55. The summed E-state index contributed by atoms with van der Waals surface area (Å²) in [5.41, 5.74) is 1.92. The highest BCUT2D eigenvalue weighted by molar-refractivity contribution is 8.19. The van der Waals surface area contributed by atoms with Crippen LogP contribution in [0.4, 0.5) is 11.5 Å². The van der Waals surface area contributed by atoms with Crippen LogP contribution in [0.15, 0.2) is 70.7 Å². The molecule has 1 saturated heterocycles. The number of aliphatic imine (C=N–C) groups is 1. The lowest BCUT2D eigenvalue weighted by atomic mass is 10.0. The third kappa shape index (κ3) is 5.07. The molecule has 2 N–H and O–H groups in total. The lowest BCUT2D eigenvalue weighted by Gasteiger charge is -2.16. The molecule has 1 aliphatic rings. The summed E-state index contributed by atoms with van der Waals surface area (Å²) in [7, 11) is 0. The second-order valence-corrected chi connectivity index (χ2v) is 8.56. The summed E-state index contributed by atoms with van der Waals surface area (Å²) in [4.78, 5) is 24.3. The van der Waals surface area contributed by atoms with E-state index in [-0.39, 0.29) is 17.4 Å². The van der Waals surface area contributed by atoms with E-state index in [0.717, 1.165) is 12.0 Å². The van der Waals surface area contributed by atoms with Gasteiger partial charge in [-0.15, -0.1) is 0 Å². The minimum atomic E-state index is -0.265. The van der Waals surface area contributed by atoms with Gasteiger partial charge in [-0.25, -0.2) is 9.98 Å². The largest absolute Gasteiger partial charge is 0.508 e. The predicted octanol–water partition coefficient (Wildman–Crippen LogP) is 5.65. The Morgan fingerprint density at radius 2 is 1.91 bits per heavy atom. The van der Waals surface area contributed by atoms with Crippen LogP contribution in [-0.4, -0.2) is 32.9 Å². The fraction of sp³-hybridized carbons (Fsp3) is 0.192. The van der Waals surface area contributed by atoms with Gasteiger partial charge in [0.15, 0.2) is 11.0 Å². The number of ether oxygens (including phenoxy) is 1. The molecule has 1 amide bonds. The van der Waals surface area contributed by atoms with E-state index in [2.05, 4.69) is 9.98 Å². The van der Waals surface area contributed by atoms with Gasteiger partial charge in [0, 0.05) is 17.8 Å². The van der Waals surface area contributed by atoms with Crippen molar-refractivity contribution >= 4 is 40.4 Å². The van der Waals surface area contributed by atoms with Crippen LogP contribution in [0.5, 0.6) is 17.2 Å². The maximum absolute atomic E-state index is 13.5. The van der Waals surface area contributed by atoms with Gasteiger partial charge >= 0.3 is 0 Å². The third-order valence-electron chi connectivity index (χ3n) is 5.10. The molecule has 34 heavy (non-hydrogen) atoms. The lowest BCUT2D eigenvalue weighted by Crippen LogP contribution is -2.28. The fourth-order valence-corrected chi connectivity index (χ4v) is 4.58. The van der Waals surface area contributed by atoms with E-state index in [0.29, 0.717) is 45.9 Å². The summed E-state index contributed by atoms with van der Waals surface area (Å²) in [6, 6.07) is 15.5. The number of carbonyl (C=O) groups excluding carboxylic acids is 1. The number of aromatic hydroxyl groups is 2. The number of aromatic nitrogens is 1. The molecule has 174 valence electrons. The molecule has 0 saturated carbocycles. The predicted molar refractivity (Wildman–Crippen MR) is 136 cm³/mol. The van der Waals surface area contributed by atoms with E-state index < -0.39 is 0 Å². The summed E-state index contributed by atoms with van der Waals surface area (Å²) in [5, 5.41) is 20.9. The zero-order valence-electron chi connectivity index (χ0n) is 18.9. The van der Waals surface area contributed by atoms with Crippen molar-refractivity contribution in [2.45, 2.75) is 26.7 Å². The summed E-state index contributed by atoms with van der Waals surface area (Å²) >= 11 is 1.21. The maximum Gasteiger partial charge on any atom is 0.271 e. The number of nitrogens with zero attached hydrogens (tertiary/aromatic N) is 3. The number of hydrogen-bond donors (Lipinski definition) is 2. The number of pyridine rings is 1. The van der Waals surface area contributed by atoms with Crippen LogP contribution in [0.25, 0.3) is 6.08 Å². The molecule has 0 bridgehead atoms. The smallest absolute Gasteiger partial charge is 0.271 e. The highest BCUT2D eigenvalue weighted by Crippen LogP contribution is 2.39. The summed E-state index contributed by atoms with van der Waals surface area (Å²) in [6.07, 6.45) is 4.78. The first-order valence-electron chi connectivity index (χ1n) is 11.0. The van der Waals surface area contributed by atoms with Crippen LogP contribution >= 0.6 is 11.8 Å². The highest BCUT2D eigenvalue weighted by Gasteiger charge is 2.35. The van der Waals surface area contributed by atoms with E-state index in [1.165, 1.54) is 22.7 Å². The Morgan fingerprint density at radius 1 is 1.12 bits per heavy atom. The molecule has 0 radical (unpaired) electrons. The molecular weight excluding hydrogens is 450 g/mol. The van der Waals surface area contributed by atoms with Crippen molar-refractivity contribution < 1.29 is 19.7 Å². The average molecular weight is 476 g/mol. The van der Waals surface area contributed by atoms with Gasteiger partial charge in [-0.1, -0.05) is 19.4 Å². The standard InChI is InChI=1S/C26H25N3O4S/c1-3-7-17-14-19(30)15-22(31)21(17)16-23-25(32)29(18-9-11-20(12-10-18)33-4-2)26(34-23)28-24-8-5-6-13-27-24/h5-6,8-16,30-31H,3-4,7H2,1-2H3/b23-16-,28-26-. The van der Waals surface area contributed by atoms with Crippen LogP contribution in [0.3, 0.4) is 0 Å². The highest BCUT2D eigenvalue weighted by atomic mass is 32.2. The Bertz CT molecular complexity index is 1240. The van der Waals surface area contributed by atoms with Crippen molar-refractivity contribution in [2.24, 2.45) is 4.99 Å². The van der Waals surface area contributed by atoms with Crippen molar-refractivity contribution in [1.82, 2.24) is 4.98 Å². The van der Waals surface area contributed by atoms with Gasteiger partial charge in [-0.2, -0.15) is 0 Å². The van der Waals surface area contributed by atoms with Gasteiger partial charge in [0.25, 0.3) is 5.91 Å². The molecule has 0 aliphatic carbocycles. The molecule has 2 aromatic carbocycles. The van der Waals surface area contributed by atoms with E-state index in [4.69, 9.17) is 4.74 Å². The zero-order chi connectivity index (χ0) is 24.1. The zero-order valence-corrected chi connectivity index (χ0v) is 19.7. The van der Waals surface area contributed by atoms with Gasteiger partial charge < -0.3 is 14.9 Å². The topological polar surface area (TPSA) is 95.2 Å². The average Bonchev–Trinajstić information content (AvgIpc) is 3.12. The number of carbonyl (C=O) groups is 1. The Labute approximate surface area is 202 Å². The Kier molecular flexibility index (Phi) is 7.18. The molecular formula is C26H25N3O4S. The van der Waals surface area contributed by atoms with Crippen molar-refractivity contribution in [2.75, 3.05) is 11.5 Å². The molecule has 1 fully saturated rings. The quantitative estimate of drug-likeness (QED) is 0.429. The lowest BCUT2D eigenvalue weighted by molar-refractivity contribution is -0.113. The molecule has 0 spiro atoms. The Balaban J connectivity index is 1.78. The molecule has 0 unspecified atom stereocenters. The summed E-state index contributed by atoms with van der Waals surface area (Å²) < 4.78 is 5.52. The molecule has 7 nitrogen and oxygen atoms in total. The summed E-state index contributed by atoms with van der Waals surface area (Å²) in [5.74, 6) is 0.838. The molecule has 0 atom stereocenters. The van der Waals surface area contributed by atoms with E-state index in [1.54, 1.807) is 42.6 Å². The van der Waals surface area contributed by atoms with Gasteiger partial charge in [0.05, 0.1) is 17.2 Å². The number of amides is 1. The summed E-state index contributed by atoms with van der Waals surface area (Å²) in [6.45, 7) is 4.47. The van der Waals surface area contributed by atoms with E-state index >= 15 is 0 Å². The van der Waals surface area contributed by atoms with Crippen molar-refractivity contribution in [3.63, 3.8) is 0 Å². The minimum Gasteiger partial charge on any atom is -0.508 e. The number of aryl methyl sites for hydroxylation is 1. The monoisotopic (exact) mass is 475 g/mol. The van der Waals surface area contributed by atoms with Gasteiger partial charge in [0.2, 0.25) is 0 Å². The van der Waals surface area contributed by atoms with Crippen LogP contribution in [-0.2, 0) is 11.2 Å². The Morgan fingerprint density at radius 3 is 2.59 bits per heavy atom. The minimum absolute atomic E-state index is 0.0121. The third-order valence-corrected chi connectivity index (χ3v) is 6.06. The van der Waals surface area contributed by atoms with Gasteiger partial charge in [0.1, 0.15) is 17.2 Å². The number of phenolic OH excluding ortho intramolecular Hbond substituents is 2. The normalized spacial score (nSPS) is 15.9. The second kappa shape index (κ2) is 10.4. The number of hydrogen-bond acceptors (Lipinski definition) is 7. The first kappa shape index (κ1) is 23.4. The number of amidine groups is 1. The van der Waals surface area contributed by atoms with Gasteiger partial charge in [-0.05, 0) is 79.2 Å². The van der Waals surface area contributed by atoms with Crippen LogP contribution in [0.1, 0.15) is 31.4 Å². The number of benzene rings is 2. The van der Waals surface area contributed by atoms with E-state index in [1.807, 2.05) is 32.0 Å². The first-order valence-corrected chi connectivity index (χ1v) is 11.8. The van der Waals surface area contributed by atoms with Crippen molar-refractivity contribution in [3.05, 3.63) is 76.8 Å². The van der Waals surface area contributed by atoms with Crippen LogP contribution in [0.2, 0.25) is 0 Å². The Hall–Kier alpha value is -3.78.